The number of esters is 2. The lowest BCUT2D eigenvalue weighted by atomic mass is 9.95. The molecule has 0 fully saturated rings. The van der Waals surface area contributed by atoms with Gasteiger partial charge in [-0.25, -0.2) is 4.79 Å². The van der Waals surface area contributed by atoms with Crippen molar-refractivity contribution in [1.29, 1.82) is 0 Å². The zero-order valence-corrected chi connectivity index (χ0v) is 20.2. The van der Waals surface area contributed by atoms with Gasteiger partial charge in [0.1, 0.15) is 16.3 Å². The van der Waals surface area contributed by atoms with Crippen LogP contribution in [-0.4, -0.2) is 37.7 Å². The van der Waals surface area contributed by atoms with Crippen molar-refractivity contribution in [3.8, 4) is 5.75 Å². The maximum absolute atomic E-state index is 12.8. The van der Waals surface area contributed by atoms with E-state index in [2.05, 4.69) is 5.32 Å². The number of carbonyl (C=O) groups excluding carboxylic acids is 3. The maximum Gasteiger partial charge on any atom is 0.341 e. The Hall–Kier alpha value is -3.33. The molecule has 1 N–H and O–H groups in total. The van der Waals surface area contributed by atoms with Crippen molar-refractivity contribution in [3.63, 3.8) is 0 Å². The molecular weight excluding hydrogens is 458 g/mol. The third-order valence-corrected chi connectivity index (χ3v) is 6.97. The number of fused-ring (bicyclic) bond motifs is 2. The molecule has 0 aliphatic heterocycles. The summed E-state index contributed by atoms with van der Waals surface area (Å²) in [5.74, 6) is -0.847. The highest BCUT2D eigenvalue weighted by Crippen LogP contribution is 2.38. The Morgan fingerprint density at radius 2 is 2.00 bits per heavy atom. The van der Waals surface area contributed by atoms with Crippen molar-refractivity contribution in [1.82, 2.24) is 0 Å². The number of aryl methyl sites for hydroxylation is 1. The van der Waals surface area contributed by atoms with Gasteiger partial charge >= 0.3 is 11.9 Å². The van der Waals surface area contributed by atoms with Gasteiger partial charge in [-0.15, -0.1) is 11.3 Å². The number of thiophene rings is 1. The average Bonchev–Trinajstić information content (AvgIpc) is 3.39. The van der Waals surface area contributed by atoms with Crippen LogP contribution in [0.4, 0.5) is 5.00 Å². The lowest BCUT2D eigenvalue weighted by Crippen LogP contribution is -2.30. The number of amides is 1. The number of nitrogens with one attached hydrogen (secondary N) is 1. The summed E-state index contributed by atoms with van der Waals surface area (Å²) in [4.78, 5) is 39.0. The summed E-state index contributed by atoms with van der Waals surface area (Å²) in [7, 11) is 1.57. The molecule has 1 amide bonds. The standard InChI is InChI=1S/C25H27NO7S/c1-4-31-25(29)22-18-7-5-6-8-20(18)34-24(22)26-23(28)14(2)33-21(27)11-15-13-32-19-12-16(30-3)9-10-17(15)19/h9-10,12-14H,4-8,11H2,1-3H3,(H,26,28)/t14-/m1/s1. The molecule has 0 saturated heterocycles. The normalized spacial score (nSPS) is 13.7. The van der Waals surface area contributed by atoms with E-state index in [1.807, 2.05) is 6.07 Å². The quantitative estimate of drug-likeness (QED) is 0.462. The minimum atomic E-state index is -1.04. The van der Waals surface area contributed by atoms with Crippen molar-refractivity contribution in [2.75, 3.05) is 19.0 Å². The molecule has 1 atom stereocenters. The topological polar surface area (TPSA) is 104 Å². The van der Waals surface area contributed by atoms with E-state index in [4.69, 9.17) is 18.6 Å². The summed E-state index contributed by atoms with van der Waals surface area (Å²) >= 11 is 1.39. The number of ether oxygens (including phenoxy) is 3. The molecule has 0 bridgehead atoms. The van der Waals surface area contributed by atoms with Crippen LogP contribution in [0.1, 0.15) is 53.1 Å². The van der Waals surface area contributed by atoms with Crippen molar-refractivity contribution in [3.05, 3.63) is 46.0 Å². The first-order valence-electron chi connectivity index (χ1n) is 11.3. The van der Waals surface area contributed by atoms with Gasteiger partial charge in [-0.2, -0.15) is 0 Å². The molecule has 34 heavy (non-hydrogen) atoms. The first kappa shape index (κ1) is 23.8. The van der Waals surface area contributed by atoms with Crippen LogP contribution < -0.4 is 10.1 Å². The lowest BCUT2D eigenvalue weighted by Gasteiger charge is -2.14. The van der Waals surface area contributed by atoms with E-state index < -0.39 is 23.9 Å². The lowest BCUT2D eigenvalue weighted by molar-refractivity contribution is -0.152. The summed E-state index contributed by atoms with van der Waals surface area (Å²) in [5, 5.41) is 4.01. The third kappa shape index (κ3) is 4.94. The van der Waals surface area contributed by atoms with Gasteiger partial charge in [-0.1, -0.05) is 0 Å². The number of furan rings is 1. The summed E-state index contributed by atoms with van der Waals surface area (Å²) in [6, 6.07) is 5.33. The smallest absolute Gasteiger partial charge is 0.341 e. The number of hydrogen-bond donors (Lipinski definition) is 1. The number of hydrogen-bond acceptors (Lipinski definition) is 8. The first-order chi connectivity index (χ1) is 16.4. The summed E-state index contributed by atoms with van der Waals surface area (Å²) in [5.41, 5.74) is 2.64. The molecule has 1 aliphatic carbocycles. The minimum Gasteiger partial charge on any atom is -0.497 e. The molecule has 0 unspecified atom stereocenters. The SMILES string of the molecule is CCOC(=O)c1c(NC(=O)[C@@H](C)OC(=O)Cc2coc3cc(OC)ccc23)sc2c1CCCC2. The number of rotatable bonds is 8. The molecule has 3 aromatic rings. The Morgan fingerprint density at radius 1 is 1.21 bits per heavy atom. The summed E-state index contributed by atoms with van der Waals surface area (Å²) < 4.78 is 21.3. The zero-order chi connectivity index (χ0) is 24.2. The Bertz CT molecular complexity index is 1230. The number of carbonyl (C=O) groups is 3. The molecule has 9 heteroatoms. The molecule has 8 nitrogen and oxygen atoms in total. The van der Waals surface area contributed by atoms with Crippen molar-refractivity contribution < 1.29 is 33.0 Å². The molecule has 2 aromatic heterocycles. The van der Waals surface area contributed by atoms with E-state index >= 15 is 0 Å². The van der Waals surface area contributed by atoms with Gasteiger partial charge in [-0.3, -0.25) is 9.59 Å². The van der Waals surface area contributed by atoms with Crippen LogP contribution in [0.5, 0.6) is 5.75 Å². The summed E-state index contributed by atoms with van der Waals surface area (Å²) in [6.07, 6.45) is 4.11. The van der Waals surface area contributed by atoms with Crippen molar-refractivity contribution in [2.45, 2.75) is 52.1 Å². The fourth-order valence-electron chi connectivity index (χ4n) is 4.06. The highest BCUT2D eigenvalue weighted by molar-refractivity contribution is 7.17. The predicted octanol–water partition coefficient (Wildman–Crippen LogP) is 4.67. The predicted molar refractivity (Wildman–Crippen MR) is 128 cm³/mol. The molecule has 2 heterocycles. The number of anilines is 1. The van der Waals surface area contributed by atoms with Gasteiger partial charge in [-0.05, 0) is 57.2 Å². The van der Waals surface area contributed by atoms with Crippen molar-refractivity contribution in [2.24, 2.45) is 0 Å². The largest absolute Gasteiger partial charge is 0.497 e. The molecule has 1 aromatic carbocycles. The van der Waals surface area contributed by atoms with Crippen LogP contribution in [0.2, 0.25) is 0 Å². The molecule has 0 saturated carbocycles. The van der Waals surface area contributed by atoms with E-state index in [1.54, 1.807) is 26.2 Å². The monoisotopic (exact) mass is 485 g/mol. The molecule has 0 radical (unpaired) electrons. The number of methoxy groups -OCH3 is 1. The fraction of sp³-hybridized carbons (Fsp3) is 0.400. The van der Waals surface area contributed by atoms with E-state index in [0.717, 1.165) is 41.5 Å². The van der Waals surface area contributed by atoms with Gasteiger partial charge in [0.05, 0.1) is 32.0 Å². The summed E-state index contributed by atoms with van der Waals surface area (Å²) in [6.45, 7) is 3.50. The molecule has 0 spiro atoms. The van der Waals surface area contributed by atoms with Gasteiger partial charge in [0.25, 0.3) is 5.91 Å². The Kier molecular flexibility index (Phi) is 7.21. The Morgan fingerprint density at radius 3 is 2.76 bits per heavy atom. The third-order valence-electron chi connectivity index (χ3n) is 5.76. The molecule has 1 aliphatic rings. The Labute approximate surface area is 201 Å². The highest BCUT2D eigenvalue weighted by atomic mass is 32.1. The maximum atomic E-state index is 12.8. The van der Waals surface area contributed by atoms with Crippen LogP contribution in [0, 0.1) is 0 Å². The van der Waals surface area contributed by atoms with E-state index in [0.29, 0.717) is 27.5 Å². The Balaban J connectivity index is 1.43. The van der Waals surface area contributed by atoms with E-state index in [-0.39, 0.29) is 13.0 Å². The van der Waals surface area contributed by atoms with Crippen LogP contribution in [0.15, 0.2) is 28.9 Å². The van der Waals surface area contributed by atoms with E-state index in [1.165, 1.54) is 24.5 Å². The van der Waals surface area contributed by atoms with Crippen LogP contribution in [0.25, 0.3) is 11.0 Å². The van der Waals surface area contributed by atoms with Gasteiger partial charge in [0, 0.05) is 21.9 Å². The van der Waals surface area contributed by atoms with E-state index in [9.17, 15) is 14.4 Å². The molecule has 180 valence electrons. The van der Waals surface area contributed by atoms with Crippen LogP contribution in [-0.2, 0) is 38.3 Å². The first-order valence-corrected chi connectivity index (χ1v) is 12.1. The zero-order valence-electron chi connectivity index (χ0n) is 19.4. The fourth-order valence-corrected chi connectivity index (χ4v) is 5.34. The molecule has 4 rings (SSSR count). The van der Waals surface area contributed by atoms with Crippen LogP contribution >= 0.6 is 11.3 Å². The second kappa shape index (κ2) is 10.3. The van der Waals surface area contributed by atoms with Crippen molar-refractivity contribution >= 4 is 45.2 Å². The second-order valence-electron chi connectivity index (χ2n) is 8.06. The second-order valence-corrected chi connectivity index (χ2v) is 9.16. The minimum absolute atomic E-state index is 0.0433. The van der Waals surface area contributed by atoms with Gasteiger partial charge < -0.3 is 23.9 Å². The number of benzene rings is 1. The average molecular weight is 486 g/mol. The van der Waals surface area contributed by atoms with Crippen LogP contribution in [0.3, 0.4) is 0 Å². The molecular formula is C25H27NO7S. The van der Waals surface area contributed by atoms with Gasteiger partial charge in [0.15, 0.2) is 6.10 Å². The highest BCUT2D eigenvalue weighted by Gasteiger charge is 2.29. The van der Waals surface area contributed by atoms with Gasteiger partial charge in [0.2, 0.25) is 0 Å².